The molecule has 0 aliphatic heterocycles. The minimum absolute atomic E-state index is 0.108. The van der Waals surface area contributed by atoms with Gasteiger partial charge in [0.05, 0.1) is 6.04 Å². The number of nitrogens with one attached hydrogen (secondary N) is 1. The largest absolute Gasteiger partial charge is 0.396 e. The van der Waals surface area contributed by atoms with Crippen molar-refractivity contribution in [3.05, 3.63) is 64.7 Å². The topological polar surface area (TPSA) is 32.3 Å². The van der Waals surface area contributed by atoms with Crippen LogP contribution in [0.1, 0.15) is 29.7 Å². The average molecular weight is 291 g/mol. The third-order valence-corrected chi connectivity index (χ3v) is 3.48. The molecule has 0 bridgehead atoms. The molecule has 2 rings (SSSR count). The highest BCUT2D eigenvalue weighted by Crippen LogP contribution is 2.24. The van der Waals surface area contributed by atoms with Crippen molar-refractivity contribution in [2.24, 2.45) is 0 Å². The van der Waals surface area contributed by atoms with Crippen LogP contribution in [0.5, 0.6) is 0 Å². The van der Waals surface area contributed by atoms with Gasteiger partial charge in [-0.05, 0) is 55.7 Å². The summed E-state index contributed by atoms with van der Waals surface area (Å²) in [7, 11) is 0. The summed E-state index contributed by atoms with van der Waals surface area (Å²) in [4.78, 5) is 0. The molecule has 0 saturated carbocycles. The number of aliphatic hydroxyl groups excluding tert-OH is 1. The minimum atomic E-state index is -0.411. The zero-order chi connectivity index (χ0) is 15.4. The first-order valence-electron chi connectivity index (χ1n) is 6.93. The van der Waals surface area contributed by atoms with E-state index in [4.69, 9.17) is 5.11 Å². The molecule has 112 valence electrons. The molecule has 0 fully saturated rings. The standard InChI is InChI=1S/C17H19F2NO/c1-11-9-17(19)15(10-16(11)18)12(2)20-14-5-3-13(4-6-14)7-8-21/h3-6,9-10,12,20-21H,7-8H2,1-2H3. The van der Waals surface area contributed by atoms with E-state index in [1.54, 1.807) is 13.8 Å². The summed E-state index contributed by atoms with van der Waals surface area (Å²) in [5.74, 6) is -0.816. The Balaban J connectivity index is 2.14. The van der Waals surface area contributed by atoms with Crippen LogP contribution in [0.15, 0.2) is 36.4 Å². The first-order valence-corrected chi connectivity index (χ1v) is 6.93. The van der Waals surface area contributed by atoms with Gasteiger partial charge in [-0.3, -0.25) is 0 Å². The fourth-order valence-corrected chi connectivity index (χ4v) is 2.22. The van der Waals surface area contributed by atoms with Crippen molar-refractivity contribution in [1.82, 2.24) is 0 Å². The Bertz CT molecular complexity index is 611. The molecule has 21 heavy (non-hydrogen) atoms. The quantitative estimate of drug-likeness (QED) is 0.873. The lowest BCUT2D eigenvalue weighted by Crippen LogP contribution is -2.09. The maximum absolute atomic E-state index is 13.9. The van der Waals surface area contributed by atoms with Crippen molar-refractivity contribution in [2.45, 2.75) is 26.3 Å². The zero-order valence-corrected chi connectivity index (χ0v) is 12.2. The van der Waals surface area contributed by atoms with Gasteiger partial charge in [-0.15, -0.1) is 0 Å². The number of anilines is 1. The SMILES string of the molecule is Cc1cc(F)c(C(C)Nc2ccc(CCO)cc2)cc1F. The Hall–Kier alpha value is -1.94. The number of aryl methyl sites for hydroxylation is 1. The maximum atomic E-state index is 13.9. The minimum Gasteiger partial charge on any atom is -0.396 e. The monoisotopic (exact) mass is 291 g/mol. The van der Waals surface area contributed by atoms with Gasteiger partial charge in [0.25, 0.3) is 0 Å². The van der Waals surface area contributed by atoms with Crippen molar-refractivity contribution >= 4 is 5.69 Å². The number of aliphatic hydroxyl groups is 1. The molecule has 1 unspecified atom stereocenters. The molecule has 0 radical (unpaired) electrons. The van der Waals surface area contributed by atoms with Crippen LogP contribution in [-0.4, -0.2) is 11.7 Å². The first-order chi connectivity index (χ1) is 10.0. The number of hydrogen-bond acceptors (Lipinski definition) is 2. The molecule has 1 atom stereocenters. The lowest BCUT2D eigenvalue weighted by Gasteiger charge is -2.17. The van der Waals surface area contributed by atoms with Gasteiger partial charge in [0.1, 0.15) is 11.6 Å². The van der Waals surface area contributed by atoms with E-state index in [2.05, 4.69) is 5.32 Å². The number of halogens is 2. The molecular weight excluding hydrogens is 272 g/mol. The summed E-state index contributed by atoms with van der Waals surface area (Å²) in [5.41, 5.74) is 2.46. The van der Waals surface area contributed by atoms with Crippen LogP contribution in [0.25, 0.3) is 0 Å². The lowest BCUT2D eigenvalue weighted by molar-refractivity contribution is 0.299. The van der Waals surface area contributed by atoms with Gasteiger partial charge in [0.2, 0.25) is 0 Å². The van der Waals surface area contributed by atoms with Crippen LogP contribution in [0.2, 0.25) is 0 Å². The van der Waals surface area contributed by atoms with Crippen LogP contribution in [0.3, 0.4) is 0 Å². The molecule has 4 heteroatoms. The van der Waals surface area contributed by atoms with Gasteiger partial charge in [-0.1, -0.05) is 12.1 Å². The summed E-state index contributed by atoms with van der Waals surface area (Å²) in [5, 5.41) is 12.0. The Kier molecular flexibility index (Phi) is 4.91. The second-order valence-electron chi connectivity index (χ2n) is 5.16. The highest BCUT2D eigenvalue weighted by Gasteiger charge is 2.13. The summed E-state index contributed by atoms with van der Waals surface area (Å²) < 4.78 is 27.5. The van der Waals surface area contributed by atoms with E-state index in [9.17, 15) is 8.78 Å². The Morgan fingerprint density at radius 3 is 2.38 bits per heavy atom. The van der Waals surface area contributed by atoms with E-state index in [0.717, 1.165) is 11.3 Å². The fourth-order valence-electron chi connectivity index (χ4n) is 2.22. The van der Waals surface area contributed by atoms with Crippen LogP contribution in [-0.2, 0) is 6.42 Å². The first kappa shape index (κ1) is 15.4. The highest BCUT2D eigenvalue weighted by atomic mass is 19.1. The van der Waals surface area contributed by atoms with Crippen molar-refractivity contribution in [1.29, 1.82) is 0 Å². The Morgan fingerprint density at radius 2 is 1.76 bits per heavy atom. The molecule has 2 nitrogen and oxygen atoms in total. The highest BCUT2D eigenvalue weighted by molar-refractivity contribution is 5.47. The van der Waals surface area contributed by atoms with Crippen LogP contribution in [0, 0.1) is 18.6 Å². The molecule has 0 aliphatic carbocycles. The third kappa shape index (κ3) is 3.79. The van der Waals surface area contributed by atoms with Crippen LogP contribution >= 0.6 is 0 Å². The van der Waals surface area contributed by atoms with Gasteiger partial charge >= 0.3 is 0 Å². The molecular formula is C17H19F2NO. The van der Waals surface area contributed by atoms with Gasteiger partial charge in [-0.25, -0.2) is 8.78 Å². The van der Waals surface area contributed by atoms with Crippen molar-refractivity contribution in [3.8, 4) is 0 Å². The summed E-state index contributed by atoms with van der Waals surface area (Å²) in [6, 6.07) is 9.64. The van der Waals surface area contributed by atoms with E-state index in [1.165, 1.54) is 12.1 Å². The van der Waals surface area contributed by atoms with Crippen molar-refractivity contribution in [3.63, 3.8) is 0 Å². The molecule has 0 aliphatic rings. The number of rotatable bonds is 5. The Morgan fingerprint density at radius 1 is 1.10 bits per heavy atom. The average Bonchev–Trinajstić information content (AvgIpc) is 2.45. The molecule has 0 saturated heterocycles. The number of benzene rings is 2. The van der Waals surface area contributed by atoms with Crippen LogP contribution < -0.4 is 5.32 Å². The molecule has 0 amide bonds. The second-order valence-corrected chi connectivity index (χ2v) is 5.16. The molecule has 2 aromatic rings. The van der Waals surface area contributed by atoms with E-state index in [0.29, 0.717) is 17.5 Å². The van der Waals surface area contributed by atoms with Gasteiger partial charge in [0, 0.05) is 17.9 Å². The normalized spacial score (nSPS) is 12.2. The molecule has 2 aromatic carbocycles. The predicted octanol–water partition coefficient (Wildman–Crippen LogP) is 3.98. The van der Waals surface area contributed by atoms with Crippen LogP contribution in [0.4, 0.5) is 14.5 Å². The van der Waals surface area contributed by atoms with Gasteiger partial charge in [0.15, 0.2) is 0 Å². The predicted molar refractivity (Wildman–Crippen MR) is 80.4 cm³/mol. The van der Waals surface area contributed by atoms with Gasteiger partial charge < -0.3 is 10.4 Å². The van der Waals surface area contributed by atoms with E-state index in [1.807, 2.05) is 24.3 Å². The van der Waals surface area contributed by atoms with E-state index in [-0.39, 0.29) is 12.6 Å². The lowest BCUT2D eigenvalue weighted by atomic mass is 10.0. The fraction of sp³-hybridized carbons (Fsp3) is 0.294. The second kappa shape index (κ2) is 6.68. The van der Waals surface area contributed by atoms with E-state index < -0.39 is 11.6 Å². The summed E-state index contributed by atoms with van der Waals surface area (Å²) >= 11 is 0. The molecule has 0 spiro atoms. The Labute approximate surface area is 123 Å². The van der Waals surface area contributed by atoms with Gasteiger partial charge in [-0.2, -0.15) is 0 Å². The maximum Gasteiger partial charge on any atom is 0.128 e. The third-order valence-electron chi connectivity index (χ3n) is 3.48. The van der Waals surface area contributed by atoms with E-state index >= 15 is 0 Å². The van der Waals surface area contributed by atoms with Crippen molar-refractivity contribution in [2.75, 3.05) is 11.9 Å². The molecule has 2 N–H and O–H groups in total. The number of hydrogen-bond donors (Lipinski definition) is 2. The summed E-state index contributed by atoms with van der Waals surface area (Å²) in [6.07, 6.45) is 0.605. The molecule has 0 aromatic heterocycles. The zero-order valence-electron chi connectivity index (χ0n) is 12.2. The smallest absolute Gasteiger partial charge is 0.128 e. The summed E-state index contributed by atoms with van der Waals surface area (Å²) in [6.45, 7) is 3.44. The van der Waals surface area contributed by atoms with Crippen molar-refractivity contribution < 1.29 is 13.9 Å². The molecule has 0 heterocycles.